The number of hydrogen-bond acceptors (Lipinski definition) is 5. The van der Waals surface area contributed by atoms with Gasteiger partial charge in [0.25, 0.3) is 5.91 Å². The van der Waals surface area contributed by atoms with Crippen molar-refractivity contribution in [3.05, 3.63) is 34.9 Å². The van der Waals surface area contributed by atoms with E-state index in [1.165, 1.54) is 0 Å². The van der Waals surface area contributed by atoms with Crippen LogP contribution in [0.15, 0.2) is 18.2 Å². The molecule has 4 rings (SSSR count). The molecule has 30 heavy (non-hydrogen) atoms. The van der Waals surface area contributed by atoms with Gasteiger partial charge >= 0.3 is 0 Å². The van der Waals surface area contributed by atoms with Gasteiger partial charge < -0.3 is 16.0 Å². The van der Waals surface area contributed by atoms with E-state index in [1.54, 1.807) is 4.90 Å². The van der Waals surface area contributed by atoms with Gasteiger partial charge in [0.05, 0.1) is 0 Å². The maximum Gasteiger partial charge on any atom is 0.255 e. The molecule has 1 unspecified atom stereocenters. The minimum absolute atomic E-state index is 0.133. The summed E-state index contributed by atoms with van der Waals surface area (Å²) in [5.74, 6) is -0.782. The third-order valence-electron chi connectivity index (χ3n) is 7.07. The molecule has 1 saturated heterocycles. The van der Waals surface area contributed by atoms with Crippen LogP contribution in [-0.4, -0.2) is 40.7 Å². The van der Waals surface area contributed by atoms with E-state index in [4.69, 9.17) is 5.73 Å². The molecule has 1 saturated carbocycles. The lowest BCUT2D eigenvalue weighted by Crippen LogP contribution is -2.52. The molecule has 2 aliphatic heterocycles. The number of nitrogens with two attached hydrogens (primary N) is 1. The maximum absolute atomic E-state index is 12.9. The number of fused-ring (bicyclic) bond motifs is 1. The SMILES string of the molecule is CC1(C)CCC(N)(CNCc2cccc3c2CN(C2CCC(=O)NC2=O)C3=O)CC1. The van der Waals surface area contributed by atoms with Crippen LogP contribution in [0.2, 0.25) is 0 Å². The number of carbonyl (C=O) groups is 3. The molecule has 0 aromatic heterocycles. The first-order chi connectivity index (χ1) is 14.2. The number of piperidine rings is 1. The second-order valence-corrected chi connectivity index (χ2v) is 9.97. The molecule has 0 bridgehead atoms. The number of rotatable bonds is 5. The number of carbonyl (C=O) groups excluding carboxylic acids is 3. The summed E-state index contributed by atoms with van der Waals surface area (Å²) in [4.78, 5) is 38.2. The van der Waals surface area contributed by atoms with E-state index >= 15 is 0 Å². The lowest BCUT2D eigenvalue weighted by atomic mass is 9.70. The van der Waals surface area contributed by atoms with E-state index in [9.17, 15) is 14.4 Å². The Hall–Kier alpha value is -2.25. The highest BCUT2D eigenvalue weighted by Gasteiger charge is 2.40. The molecule has 2 heterocycles. The number of amides is 3. The normalized spacial score (nSPS) is 25.2. The predicted molar refractivity (Wildman–Crippen MR) is 113 cm³/mol. The molecular weight excluding hydrogens is 380 g/mol. The number of imide groups is 1. The Morgan fingerprint density at radius 3 is 2.60 bits per heavy atom. The summed E-state index contributed by atoms with van der Waals surface area (Å²) >= 11 is 0. The fraction of sp³-hybridized carbons (Fsp3) is 0.609. The van der Waals surface area contributed by atoms with Crippen molar-refractivity contribution in [1.82, 2.24) is 15.5 Å². The fourth-order valence-electron chi connectivity index (χ4n) is 4.86. The topological polar surface area (TPSA) is 105 Å². The van der Waals surface area contributed by atoms with Gasteiger partial charge in [-0.3, -0.25) is 19.7 Å². The summed E-state index contributed by atoms with van der Waals surface area (Å²) in [6, 6.07) is 5.16. The Morgan fingerprint density at radius 2 is 1.90 bits per heavy atom. The molecule has 3 aliphatic rings. The Labute approximate surface area is 177 Å². The van der Waals surface area contributed by atoms with Crippen LogP contribution in [0, 0.1) is 5.41 Å². The lowest BCUT2D eigenvalue weighted by Gasteiger charge is -2.41. The monoisotopic (exact) mass is 412 g/mol. The highest BCUT2D eigenvalue weighted by molar-refractivity contribution is 6.05. The van der Waals surface area contributed by atoms with Crippen LogP contribution in [0.1, 0.15) is 73.9 Å². The molecule has 3 amide bonds. The van der Waals surface area contributed by atoms with E-state index in [0.29, 0.717) is 30.5 Å². The van der Waals surface area contributed by atoms with Crippen LogP contribution in [0.5, 0.6) is 0 Å². The van der Waals surface area contributed by atoms with Crippen molar-refractivity contribution < 1.29 is 14.4 Å². The van der Waals surface area contributed by atoms with Crippen LogP contribution < -0.4 is 16.4 Å². The quantitative estimate of drug-likeness (QED) is 0.640. The molecule has 2 fully saturated rings. The second-order valence-electron chi connectivity index (χ2n) is 9.97. The largest absolute Gasteiger partial charge is 0.324 e. The van der Waals surface area contributed by atoms with Crippen LogP contribution in [0.25, 0.3) is 0 Å². The Morgan fingerprint density at radius 1 is 1.17 bits per heavy atom. The molecule has 1 atom stereocenters. The van der Waals surface area contributed by atoms with Crippen molar-refractivity contribution >= 4 is 17.7 Å². The Balaban J connectivity index is 1.41. The molecule has 1 aliphatic carbocycles. The molecule has 4 N–H and O–H groups in total. The zero-order valence-electron chi connectivity index (χ0n) is 17.9. The first kappa shape index (κ1) is 21.0. The van der Waals surface area contributed by atoms with Gasteiger partial charge in [-0.05, 0) is 54.7 Å². The van der Waals surface area contributed by atoms with Crippen molar-refractivity contribution in [3.63, 3.8) is 0 Å². The average molecular weight is 413 g/mol. The van der Waals surface area contributed by atoms with Crippen LogP contribution >= 0.6 is 0 Å². The van der Waals surface area contributed by atoms with Crippen LogP contribution in [0.3, 0.4) is 0 Å². The summed E-state index contributed by atoms with van der Waals surface area (Å²) in [6.45, 7) is 6.40. The number of nitrogens with one attached hydrogen (secondary N) is 2. The van der Waals surface area contributed by atoms with Gasteiger partial charge in [-0.1, -0.05) is 26.0 Å². The standard InChI is InChI=1S/C23H32N4O3/c1-22(2)8-10-23(24,11-9-22)14-25-12-15-4-3-5-16-17(15)13-27(21(16)30)18-6-7-19(28)26-20(18)29/h3-5,18,25H,6-14,24H2,1-2H3,(H,26,28,29). The number of hydrogen-bond donors (Lipinski definition) is 3. The first-order valence-corrected chi connectivity index (χ1v) is 10.9. The highest BCUT2D eigenvalue weighted by atomic mass is 16.2. The van der Waals surface area contributed by atoms with Crippen molar-refractivity contribution in [1.29, 1.82) is 0 Å². The Kier molecular flexibility index (Phi) is 5.45. The van der Waals surface area contributed by atoms with Gasteiger partial charge in [-0.15, -0.1) is 0 Å². The summed E-state index contributed by atoms with van der Waals surface area (Å²) in [7, 11) is 0. The summed E-state index contributed by atoms with van der Waals surface area (Å²) in [6.07, 6.45) is 4.95. The van der Waals surface area contributed by atoms with E-state index in [2.05, 4.69) is 24.5 Å². The molecule has 7 heteroatoms. The molecule has 1 aromatic rings. The first-order valence-electron chi connectivity index (χ1n) is 10.9. The van der Waals surface area contributed by atoms with Crippen LogP contribution in [0.4, 0.5) is 0 Å². The van der Waals surface area contributed by atoms with Gasteiger partial charge in [-0.2, -0.15) is 0 Å². The van der Waals surface area contributed by atoms with Gasteiger partial charge in [0.15, 0.2) is 0 Å². The summed E-state index contributed by atoms with van der Waals surface area (Å²) < 4.78 is 0. The minimum atomic E-state index is -0.582. The predicted octanol–water partition coefficient (Wildman–Crippen LogP) is 1.83. The zero-order valence-corrected chi connectivity index (χ0v) is 17.9. The van der Waals surface area contributed by atoms with Gasteiger partial charge in [0.1, 0.15) is 6.04 Å². The third kappa shape index (κ3) is 4.14. The van der Waals surface area contributed by atoms with E-state index in [1.807, 2.05) is 18.2 Å². The molecule has 1 aromatic carbocycles. The highest BCUT2D eigenvalue weighted by Crippen LogP contribution is 2.39. The van der Waals surface area contributed by atoms with E-state index < -0.39 is 6.04 Å². The summed E-state index contributed by atoms with van der Waals surface area (Å²) in [5, 5.41) is 5.86. The van der Waals surface area contributed by atoms with Crippen molar-refractivity contribution in [3.8, 4) is 0 Å². The lowest BCUT2D eigenvalue weighted by molar-refractivity contribution is -0.136. The van der Waals surface area contributed by atoms with Gasteiger partial charge in [0, 0.05) is 37.2 Å². The zero-order chi connectivity index (χ0) is 21.5. The fourth-order valence-corrected chi connectivity index (χ4v) is 4.86. The number of nitrogens with zero attached hydrogens (tertiary/aromatic N) is 1. The molecule has 0 spiro atoms. The molecular formula is C23H32N4O3. The second kappa shape index (κ2) is 7.78. The Bertz CT molecular complexity index is 869. The minimum Gasteiger partial charge on any atom is -0.324 e. The molecule has 7 nitrogen and oxygen atoms in total. The average Bonchev–Trinajstić information content (AvgIpc) is 3.02. The van der Waals surface area contributed by atoms with E-state index in [0.717, 1.165) is 43.4 Å². The van der Waals surface area contributed by atoms with Gasteiger partial charge in [0.2, 0.25) is 11.8 Å². The van der Waals surface area contributed by atoms with Crippen molar-refractivity contribution in [2.45, 2.75) is 77.0 Å². The van der Waals surface area contributed by atoms with E-state index in [-0.39, 0.29) is 29.7 Å². The molecule has 162 valence electrons. The summed E-state index contributed by atoms with van der Waals surface area (Å²) in [5.41, 5.74) is 9.51. The smallest absolute Gasteiger partial charge is 0.255 e. The maximum atomic E-state index is 12.9. The third-order valence-corrected chi connectivity index (χ3v) is 7.07. The van der Waals surface area contributed by atoms with Gasteiger partial charge in [-0.25, -0.2) is 0 Å². The van der Waals surface area contributed by atoms with Crippen molar-refractivity contribution in [2.75, 3.05) is 6.54 Å². The van der Waals surface area contributed by atoms with Crippen LogP contribution in [-0.2, 0) is 22.7 Å². The number of benzene rings is 1. The molecule has 0 radical (unpaired) electrons. The van der Waals surface area contributed by atoms with Crippen molar-refractivity contribution in [2.24, 2.45) is 11.1 Å².